The summed E-state index contributed by atoms with van der Waals surface area (Å²) in [6.45, 7) is -0.840. The lowest BCUT2D eigenvalue weighted by Gasteiger charge is -2.23. The number of nitrogens with one attached hydrogen (secondary N) is 4. The summed E-state index contributed by atoms with van der Waals surface area (Å²) >= 11 is 3.86. The standard InChI is InChI=1S/C16H25N7O7S/c17-8(2-12(18)25)13(26)22-10(4-24)15(28)21-9(1-7-3-19-6-20-7)14(27)23-11(5-31)16(29)30/h3,6,8-11,24,31H,1-2,4-5,17H2,(H2,18,25)(H,19,20)(H,21,28)(H,22,26)(H,23,27)(H,29,30). The monoisotopic (exact) mass is 459 g/mol. The Morgan fingerprint density at radius 3 is 2.13 bits per heavy atom. The van der Waals surface area contributed by atoms with Crippen molar-refractivity contribution >= 4 is 42.2 Å². The molecule has 14 nitrogen and oxygen atoms in total. The molecule has 4 unspecified atom stereocenters. The van der Waals surface area contributed by atoms with Crippen molar-refractivity contribution in [3.8, 4) is 0 Å². The van der Waals surface area contributed by atoms with Crippen LogP contribution in [0.5, 0.6) is 0 Å². The van der Waals surface area contributed by atoms with Crippen molar-refractivity contribution in [3.63, 3.8) is 0 Å². The van der Waals surface area contributed by atoms with E-state index in [1.54, 1.807) is 0 Å². The van der Waals surface area contributed by atoms with Crippen molar-refractivity contribution in [2.24, 2.45) is 11.5 Å². The Labute approximate surface area is 181 Å². The van der Waals surface area contributed by atoms with E-state index < -0.39 is 66.8 Å². The lowest BCUT2D eigenvalue weighted by molar-refractivity contribution is -0.141. The van der Waals surface area contributed by atoms with Gasteiger partial charge in [-0.3, -0.25) is 19.2 Å². The maximum absolute atomic E-state index is 12.6. The number of aliphatic hydroxyl groups excluding tert-OH is 1. The quantitative estimate of drug-likeness (QED) is 0.129. The van der Waals surface area contributed by atoms with Gasteiger partial charge < -0.3 is 42.6 Å². The summed E-state index contributed by atoms with van der Waals surface area (Å²) in [7, 11) is 0. The second kappa shape index (κ2) is 12.5. The first-order chi connectivity index (χ1) is 14.6. The number of hydrogen-bond acceptors (Lipinski definition) is 9. The zero-order valence-corrected chi connectivity index (χ0v) is 17.2. The lowest BCUT2D eigenvalue weighted by Crippen LogP contribution is -2.58. The number of aliphatic carboxylic acids is 1. The van der Waals surface area contributed by atoms with E-state index in [0.717, 1.165) is 0 Å². The number of thiol groups is 1. The number of imidazole rings is 1. The van der Waals surface area contributed by atoms with Crippen LogP contribution in [0.4, 0.5) is 0 Å². The van der Waals surface area contributed by atoms with E-state index in [9.17, 15) is 29.1 Å². The predicted molar refractivity (Wildman–Crippen MR) is 108 cm³/mol. The van der Waals surface area contributed by atoms with Crippen LogP contribution in [-0.2, 0) is 30.4 Å². The number of carbonyl (C=O) groups is 5. The van der Waals surface area contributed by atoms with Crippen LogP contribution in [0.2, 0.25) is 0 Å². The molecular formula is C16H25N7O7S. The van der Waals surface area contributed by atoms with Gasteiger partial charge in [0.25, 0.3) is 0 Å². The molecule has 0 aliphatic rings. The van der Waals surface area contributed by atoms with E-state index in [4.69, 9.17) is 16.6 Å². The van der Waals surface area contributed by atoms with Crippen molar-refractivity contribution in [2.75, 3.05) is 12.4 Å². The van der Waals surface area contributed by atoms with Crippen molar-refractivity contribution in [2.45, 2.75) is 37.0 Å². The number of amides is 4. The Kier molecular flexibility index (Phi) is 10.4. The highest BCUT2D eigenvalue weighted by molar-refractivity contribution is 7.80. The lowest BCUT2D eigenvalue weighted by atomic mass is 10.1. The molecule has 0 bridgehead atoms. The number of nitrogens with zero attached hydrogens (tertiary/aromatic N) is 1. The van der Waals surface area contributed by atoms with Crippen LogP contribution in [-0.4, -0.2) is 86.3 Å². The van der Waals surface area contributed by atoms with Crippen LogP contribution in [0, 0.1) is 0 Å². The Morgan fingerprint density at radius 1 is 1.06 bits per heavy atom. The minimum atomic E-state index is -1.50. The number of aromatic amines is 1. The number of carbonyl (C=O) groups excluding carboxylic acids is 4. The first kappa shape index (κ1) is 25.9. The van der Waals surface area contributed by atoms with Crippen LogP contribution in [0.3, 0.4) is 0 Å². The molecule has 1 rings (SSSR count). The third-order valence-corrected chi connectivity index (χ3v) is 4.35. The minimum absolute atomic E-state index is 0.0935. The first-order valence-electron chi connectivity index (χ1n) is 8.95. The van der Waals surface area contributed by atoms with Gasteiger partial charge >= 0.3 is 5.97 Å². The molecule has 0 fully saturated rings. The third-order valence-electron chi connectivity index (χ3n) is 3.98. The summed E-state index contributed by atoms with van der Waals surface area (Å²) in [5.41, 5.74) is 10.9. The summed E-state index contributed by atoms with van der Waals surface area (Å²) in [6.07, 6.45) is 2.17. The van der Waals surface area contributed by atoms with Crippen LogP contribution >= 0.6 is 12.6 Å². The van der Waals surface area contributed by atoms with E-state index >= 15 is 0 Å². The number of rotatable bonds is 13. The molecule has 0 spiro atoms. The molecule has 10 N–H and O–H groups in total. The largest absolute Gasteiger partial charge is 0.480 e. The van der Waals surface area contributed by atoms with E-state index in [1.807, 2.05) is 0 Å². The van der Waals surface area contributed by atoms with Gasteiger partial charge in [-0.1, -0.05) is 0 Å². The van der Waals surface area contributed by atoms with Gasteiger partial charge in [0.1, 0.15) is 18.1 Å². The first-order valence-corrected chi connectivity index (χ1v) is 9.59. The van der Waals surface area contributed by atoms with Crippen LogP contribution < -0.4 is 27.4 Å². The summed E-state index contributed by atoms with van der Waals surface area (Å²) in [5.74, 6) is -5.04. The molecule has 4 atom stereocenters. The number of aromatic nitrogens is 2. The zero-order valence-electron chi connectivity index (χ0n) is 16.3. The van der Waals surface area contributed by atoms with E-state index in [1.165, 1.54) is 12.5 Å². The van der Waals surface area contributed by atoms with Gasteiger partial charge in [0.2, 0.25) is 23.6 Å². The van der Waals surface area contributed by atoms with Crippen molar-refractivity contribution in [1.29, 1.82) is 0 Å². The fraction of sp³-hybridized carbons (Fsp3) is 0.500. The summed E-state index contributed by atoms with van der Waals surface area (Å²) in [4.78, 5) is 65.6. The number of carboxylic acids is 1. The van der Waals surface area contributed by atoms with Gasteiger partial charge in [-0.05, 0) is 0 Å². The number of carboxylic acid groups (broad SMARTS) is 1. The van der Waals surface area contributed by atoms with E-state index in [2.05, 4.69) is 38.5 Å². The highest BCUT2D eigenvalue weighted by Gasteiger charge is 2.30. The average Bonchev–Trinajstić information content (AvgIpc) is 3.21. The van der Waals surface area contributed by atoms with Crippen LogP contribution in [0.15, 0.2) is 12.5 Å². The van der Waals surface area contributed by atoms with Crippen molar-refractivity contribution < 1.29 is 34.2 Å². The Hall–Kier alpha value is -3.17. The summed E-state index contributed by atoms with van der Waals surface area (Å²) < 4.78 is 0. The second-order valence-electron chi connectivity index (χ2n) is 6.44. The zero-order chi connectivity index (χ0) is 23.6. The van der Waals surface area contributed by atoms with Crippen LogP contribution in [0.1, 0.15) is 12.1 Å². The summed E-state index contributed by atoms with van der Waals surface area (Å²) in [6, 6.07) is -5.42. The molecule has 1 heterocycles. The summed E-state index contributed by atoms with van der Waals surface area (Å²) in [5, 5.41) is 25.3. The number of H-pyrrole nitrogens is 1. The molecule has 0 saturated carbocycles. The average molecular weight is 459 g/mol. The molecule has 0 aliphatic heterocycles. The molecular weight excluding hydrogens is 434 g/mol. The third kappa shape index (κ3) is 8.61. The van der Waals surface area contributed by atoms with Gasteiger partial charge in [0, 0.05) is 24.1 Å². The van der Waals surface area contributed by atoms with Crippen molar-refractivity contribution in [3.05, 3.63) is 18.2 Å². The molecule has 0 radical (unpaired) electrons. The molecule has 1 aromatic rings. The highest BCUT2D eigenvalue weighted by Crippen LogP contribution is 2.02. The van der Waals surface area contributed by atoms with Gasteiger partial charge in [0.15, 0.2) is 0 Å². The maximum Gasteiger partial charge on any atom is 0.327 e. The predicted octanol–water partition coefficient (Wildman–Crippen LogP) is -4.38. The van der Waals surface area contributed by atoms with E-state index in [0.29, 0.717) is 5.69 Å². The molecule has 172 valence electrons. The second-order valence-corrected chi connectivity index (χ2v) is 6.81. The van der Waals surface area contributed by atoms with Gasteiger partial charge in [-0.15, -0.1) is 0 Å². The van der Waals surface area contributed by atoms with Gasteiger partial charge in [0.05, 0.1) is 25.4 Å². The van der Waals surface area contributed by atoms with Gasteiger partial charge in [-0.2, -0.15) is 12.6 Å². The molecule has 4 amide bonds. The number of hydrogen-bond donors (Lipinski definition) is 9. The highest BCUT2D eigenvalue weighted by atomic mass is 32.1. The van der Waals surface area contributed by atoms with E-state index in [-0.39, 0.29) is 12.2 Å². The smallest absolute Gasteiger partial charge is 0.327 e. The number of aliphatic hydroxyl groups is 1. The Bertz CT molecular complexity index is 789. The minimum Gasteiger partial charge on any atom is -0.480 e. The maximum atomic E-state index is 12.6. The number of nitrogens with two attached hydrogens (primary N) is 2. The van der Waals surface area contributed by atoms with Crippen molar-refractivity contribution in [1.82, 2.24) is 25.9 Å². The van der Waals surface area contributed by atoms with Crippen LogP contribution in [0.25, 0.3) is 0 Å². The topological polar surface area (TPSA) is 243 Å². The normalized spacial score (nSPS) is 14.5. The molecule has 0 saturated heterocycles. The van der Waals surface area contributed by atoms with Gasteiger partial charge in [-0.25, -0.2) is 9.78 Å². The molecule has 31 heavy (non-hydrogen) atoms. The fourth-order valence-electron chi connectivity index (χ4n) is 2.34. The SMILES string of the molecule is NC(=O)CC(N)C(=O)NC(CO)C(=O)NC(Cc1cnc[nH]1)C(=O)NC(CS)C(=O)O. The molecule has 15 heteroatoms. The number of primary amides is 1. The Morgan fingerprint density at radius 2 is 1.65 bits per heavy atom. The Balaban J connectivity index is 2.90. The molecule has 0 aliphatic carbocycles. The molecule has 0 aromatic carbocycles. The molecule has 1 aromatic heterocycles. The fourth-order valence-corrected chi connectivity index (χ4v) is 2.59.